The van der Waals surface area contributed by atoms with E-state index in [0.29, 0.717) is 10.4 Å². The largest absolute Gasteiger partial charge is 0.287 e. The van der Waals surface area contributed by atoms with Crippen molar-refractivity contribution < 1.29 is 4.79 Å². The maximum atomic E-state index is 10.9. The summed E-state index contributed by atoms with van der Waals surface area (Å²) in [5, 5.41) is 1.85. The molecule has 9 heavy (non-hydrogen) atoms. The van der Waals surface area contributed by atoms with Crippen LogP contribution in [0.5, 0.6) is 0 Å². The van der Waals surface area contributed by atoms with Gasteiger partial charge in [-0.15, -0.1) is 0 Å². The molecule has 1 aliphatic rings. The Labute approximate surface area is 67.7 Å². The first-order valence-electron chi connectivity index (χ1n) is 3.00. The van der Waals surface area contributed by atoms with Crippen molar-refractivity contribution in [2.75, 3.05) is 5.33 Å². The zero-order valence-electron chi connectivity index (χ0n) is 5.26. The van der Waals surface area contributed by atoms with Crippen LogP contribution in [0.2, 0.25) is 0 Å². The van der Waals surface area contributed by atoms with Crippen molar-refractivity contribution in [2.45, 2.75) is 18.6 Å². The first-order valence-corrected chi connectivity index (χ1v) is 5.00. The fourth-order valence-electron chi connectivity index (χ4n) is 0.914. The highest BCUT2D eigenvalue weighted by atomic mass is 79.9. The van der Waals surface area contributed by atoms with Crippen LogP contribution >= 0.6 is 27.7 Å². The number of carbonyl (C=O) groups excluding carboxylic acids is 1. The van der Waals surface area contributed by atoms with Crippen LogP contribution in [0.1, 0.15) is 13.3 Å². The molecule has 2 atom stereocenters. The van der Waals surface area contributed by atoms with E-state index < -0.39 is 0 Å². The van der Waals surface area contributed by atoms with Crippen molar-refractivity contribution in [1.29, 1.82) is 0 Å². The van der Waals surface area contributed by atoms with E-state index >= 15 is 0 Å². The van der Waals surface area contributed by atoms with Gasteiger partial charge < -0.3 is 0 Å². The molecule has 1 aliphatic heterocycles. The lowest BCUT2D eigenvalue weighted by Crippen LogP contribution is -1.99. The first kappa shape index (κ1) is 7.61. The zero-order chi connectivity index (χ0) is 6.85. The van der Waals surface area contributed by atoms with Gasteiger partial charge in [-0.05, 0) is 6.42 Å². The Morgan fingerprint density at radius 1 is 1.89 bits per heavy atom. The number of halogens is 1. The molecule has 0 aromatic carbocycles. The van der Waals surface area contributed by atoms with Crippen LogP contribution in [0, 0.1) is 5.92 Å². The van der Waals surface area contributed by atoms with Gasteiger partial charge in [0, 0.05) is 16.5 Å². The second kappa shape index (κ2) is 3.06. The van der Waals surface area contributed by atoms with Crippen molar-refractivity contribution in [3.8, 4) is 0 Å². The maximum Gasteiger partial charge on any atom is 0.192 e. The summed E-state index contributed by atoms with van der Waals surface area (Å²) < 4.78 is 0. The molecule has 0 spiro atoms. The van der Waals surface area contributed by atoms with E-state index in [1.807, 2.05) is 6.92 Å². The molecule has 0 saturated carbocycles. The van der Waals surface area contributed by atoms with Crippen LogP contribution in [-0.4, -0.2) is 15.7 Å². The van der Waals surface area contributed by atoms with Crippen LogP contribution in [0.4, 0.5) is 0 Å². The summed E-state index contributed by atoms with van der Waals surface area (Å²) >= 11 is 4.85. The van der Waals surface area contributed by atoms with Gasteiger partial charge in [-0.25, -0.2) is 0 Å². The van der Waals surface area contributed by atoms with E-state index in [2.05, 4.69) is 15.9 Å². The van der Waals surface area contributed by atoms with Gasteiger partial charge in [0.2, 0.25) is 0 Å². The summed E-state index contributed by atoms with van der Waals surface area (Å²) in [6, 6.07) is 0. The Morgan fingerprint density at radius 2 is 2.56 bits per heavy atom. The van der Waals surface area contributed by atoms with Gasteiger partial charge in [-0.1, -0.05) is 34.6 Å². The van der Waals surface area contributed by atoms with Crippen LogP contribution in [0.25, 0.3) is 0 Å². The average molecular weight is 209 g/mol. The summed E-state index contributed by atoms with van der Waals surface area (Å²) in [5.41, 5.74) is 0. The van der Waals surface area contributed by atoms with Crippen molar-refractivity contribution in [1.82, 2.24) is 0 Å². The molecule has 0 unspecified atom stereocenters. The van der Waals surface area contributed by atoms with Crippen LogP contribution in [0.15, 0.2) is 0 Å². The molecular formula is C6H9BrOS. The van der Waals surface area contributed by atoms with Gasteiger partial charge >= 0.3 is 0 Å². The maximum absolute atomic E-state index is 10.9. The molecule has 0 aliphatic carbocycles. The van der Waals surface area contributed by atoms with Crippen molar-refractivity contribution in [3.05, 3.63) is 0 Å². The van der Waals surface area contributed by atoms with Gasteiger partial charge in [0.15, 0.2) is 5.12 Å². The fraction of sp³-hybridized carbons (Fsp3) is 0.833. The lowest BCUT2D eigenvalue weighted by atomic mass is 10.1. The Hall–Kier alpha value is 0.500. The van der Waals surface area contributed by atoms with E-state index in [1.54, 1.807) is 0 Å². The third kappa shape index (κ3) is 1.71. The van der Waals surface area contributed by atoms with Crippen LogP contribution < -0.4 is 0 Å². The number of hydrogen-bond donors (Lipinski definition) is 0. The van der Waals surface area contributed by atoms with E-state index in [4.69, 9.17) is 0 Å². The molecule has 1 rings (SSSR count). The SMILES string of the molecule is C[C@@H]1C[C@@H](CBr)SC1=O. The molecule has 0 N–H and O–H groups in total. The van der Waals surface area contributed by atoms with Crippen molar-refractivity contribution in [3.63, 3.8) is 0 Å². The minimum atomic E-state index is 0.289. The van der Waals surface area contributed by atoms with E-state index in [1.165, 1.54) is 11.8 Å². The molecule has 0 amide bonds. The van der Waals surface area contributed by atoms with Gasteiger partial charge in [0.05, 0.1) is 0 Å². The predicted octanol–water partition coefficient (Wildman–Crippen LogP) is 2.05. The minimum Gasteiger partial charge on any atom is -0.287 e. The molecule has 52 valence electrons. The van der Waals surface area contributed by atoms with Crippen LogP contribution in [-0.2, 0) is 4.79 Å². The highest BCUT2D eigenvalue weighted by Gasteiger charge is 2.28. The molecule has 0 aromatic rings. The standard InChI is InChI=1S/C6H9BrOS/c1-4-2-5(3-7)9-6(4)8/h4-5H,2-3H2,1H3/t4-,5+/m1/s1. The molecule has 3 heteroatoms. The van der Waals surface area contributed by atoms with Gasteiger partial charge in [0.25, 0.3) is 0 Å². The summed E-state index contributed by atoms with van der Waals surface area (Å²) in [5.74, 6) is 0.289. The second-order valence-corrected chi connectivity index (χ2v) is 4.30. The predicted molar refractivity (Wildman–Crippen MR) is 44.0 cm³/mol. The third-order valence-corrected chi connectivity index (χ3v) is 4.01. The van der Waals surface area contributed by atoms with Gasteiger partial charge in [-0.3, -0.25) is 4.79 Å². The summed E-state index contributed by atoms with van der Waals surface area (Å²) in [6.07, 6.45) is 1.05. The molecule has 1 nitrogen and oxygen atoms in total. The van der Waals surface area contributed by atoms with Crippen molar-refractivity contribution in [2.24, 2.45) is 5.92 Å². The quantitative estimate of drug-likeness (QED) is 0.615. The normalized spacial score (nSPS) is 35.6. The van der Waals surface area contributed by atoms with E-state index in [-0.39, 0.29) is 5.92 Å². The van der Waals surface area contributed by atoms with E-state index in [9.17, 15) is 4.79 Å². The summed E-state index contributed by atoms with van der Waals surface area (Å²) in [4.78, 5) is 10.9. The molecule has 0 radical (unpaired) electrons. The number of rotatable bonds is 1. The van der Waals surface area contributed by atoms with E-state index in [0.717, 1.165) is 11.8 Å². The number of thioether (sulfide) groups is 1. The summed E-state index contributed by atoms with van der Waals surface area (Å²) in [6.45, 7) is 2.00. The lowest BCUT2D eigenvalue weighted by molar-refractivity contribution is -0.113. The zero-order valence-corrected chi connectivity index (χ0v) is 7.67. The molecule has 0 aromatic heterocycles. The average Bonchev–Trinajstić information content (AvgIpc) is 2.13. The Morgan fingerprint density at radius 3 is 2.78 bits per heavy atom. The second-order valence-electron chi connectivity index (χ2n) is 2.35. The highest BCUT2D eigenvalue weighted by molar-refractivity contribution is 9.09. The number of alkyl halides is 1. The molecule has 1 fully saturated rings. The highest BCUT2D eigenvalue weighted by Crippen LogP contribution is 2.33. The smallest absolute Gasteiger partial charge is 0.192 e. The van der Waals surface area contributed by atoms with Crippen LogP contribution in [0.3, 0.4) is 0 Å². The fourth-order valence-corrected chi connectivity index (χ4v) is 2.68. The van der Waals surface area contributed by atoms with Gasteiger partial charge in [-0.2, -0.15) is 0 Å². The third-order valence-electron chi connectivity index (χ3n) is 1.47. The monoisotopic (exact) mass is 208 g/mol. The first-order chi connectivity index (χ1) is 4.24. The lowest BCUT2D eigenvalue weighted by Gasteiger charge is -1.98. The van der Waals surface area contributed by atoms with Gasteiger partial charge in [0.1, 0.15) is 0 Å². The molecule has 1 heterocycles. The Kier molecular flexibility index (Phi) is 2.59. The summed E-state index contributed by atoms with van der Waals surface area (Å²) in [7, 11) is 0. The number of hydrogen-bond acceptors (Lipinski definition) is 2. The Balaban J connectivity index is 2.44. The molecular weight excluding hydrogens is 200 g/mol. The topological polar surface area (TPSA) is 17.1 Å². The number of carbonyl (C=O) groups is 1. The molecule has 0 bridgehead atoms. The minimum absolute atomic E-state index is 0.289. The molecule has 1 saturated heterocycles. The van der Waals surface area contributed by atoms with Crippen molar-refractivity contribution >= 4 is 32.8 Å². The Bertz CT molecular complexity index is 126.